The first-order valence-electron chi connectivity index (χ1n) is 5.31. The number of ketones is 1. The number of rotatable bonds is 4. The van der Waals surface area contributed by atoms with Crippen molar-refractivity contribution in [2.24, 2.45) is 11.3 Å². The Labute approximate surface area is 80.3 Å². The van der Waals surface area contributed by atoms with Crippen LogP contribution in [0.25, 0.3) is 0 Å². The second-order valence-electron chi connectivity index (χ2n) is 4.24. The zero-order chi connectivity index (χ0) is 9.90. The van der Waals surface area contributed by atoms with Crippen LogP contribution in [0.5, 0.6) is 0 Å². The molecule has 0 aromatic rings. The lowest BCUT2D eigenvalue weighted by atomic mass is 9.72. The molecule has 2 atom stereocenters. The minimum absolute atomic E-state index is 0.149. The van der Waals surface area contributed by atoms with Crippen LogP contribution in [0.2, 0.25) is 0 Å². The third kappa shape index (κ3) is 1.78. The predicted molar refractivity (Wildman–Crippen MR) is 52.4 cm³/mol. The molecule has 0 spiro atoms. The average Bonchev–Trinajstić information content (AvgIpc) is 2.35. The molecule has 1 aliphatic carbocycles. The van der Waals surface area contributed by atoms with Crippen molar-refractivity contribution in [2.45, 2.75) is 46.0 Å². The molecule has 1 fully saturated rings. The molecule has 1 saturated carbocycles. The molecular formula is C11H20O2. The summed E-state index contributed by atoms with van der Waals surface area (Å²) >= 11 is 0. The SMILES string of the molecule is CCCC1(CCO)C(=O)CCC1C. The standard InChI is InChI=1S/C11H20O2/c1-3-6-11(7-8-12)9(2)4-5-10(11)13/h9,12H,3-8H2,1-2H3. The topological polar surface area (TPSA) is 37.3 Å². The molecule has 0 bridgehead atoms. The van der Waals surface area contributed by atoms with Crippen molar-refractivity contribution in [1.82, 2.24) is 0 Å². The van der Waals surface area contributed by atoms with E-state index >= 15 is 0 Å². The number of aliphatic hydroxyl groups excluding tert-OH is 1. The van der Waals surface area contributed by atoms with E-state index in [0.29, 0.717) is 18.1 Å². The lowest BCUT2D eigenvalue weighted by Crippen LogP contribution is -2.32. The number of carbonyl (C=O) groups is 1. The Morgan fingerprint density at radius 3 is 2.62 bits per heavy atom. The molecule has 0 aromatic carbocycles. The highest BCUT2D eigenvalue weighted by molar-refractivity contribution is 5.87. The number of aliphatic hydroxyl groups is 1. The molecule has 2 heteroatoms. The van der Waals surface area contributed by atoms with Gasteiger partial charge in [0.1, 0.15) is 5.78 Å². The van der Waals surface area contributed by atoms with E-state index in [4.69, 9.17) is 5.11 Å². The Morgan fingerprint density at radius 2 is 2.23 bits per heavy atom. The summed E-state index contributed by atoms with van der Waals surface area (Å²) in [6, 6.07) is 0. The first-order valence-corrected chi connectivity index (χ1v) is 5.31. The maximum Gasteiger partial charge on any atom is 0.139 e. The summed E-state index contributed by atoms with van der Waals surface area (Å²) in [5.74, 6) is 0.850. The van der Waals surface area contributed by atoms with Gasteiger partial charge in [0.25, 0.3) is 0 Å². The molecule has 2 unspecified atom stereocenters. The van der Waals surface area contributed by atoms with E-state index < -0.39 is 0 Å². The van der Waals surface area contributed by atoms with Crippen LogP contribution in [0.1, 0.15) is 46.0 Å². The largest absolute Gasteiger partial charge is 0.396 e. The third-order valence-corrected chi connectivity index (χ3v) is 3.56. The average molecular weight is 184 g/mol. The van der Waals surface area contributed by atoms with Crippen LogP contribution in [0, 0.1) is 11.3 Å². The van der Waals surface area contributed by atoms with Gasteiger partial charge in [-0.3, -0.25) is 4.79 Å². The predicted octanol–water partition coefficient (Wildman–Crippen LogP) is 2.15. The molecule has 0 radical (unpaired) electrons. The summed E-state index contributed by atoms with van der Waals surface area (Å²) in [7, 11) is 0. The van der Waals surface area contributed by atoms with Gasteiger partial charge in [-0.15, -0.1) is 0 Å². The Balaban J connectivity index is 2.79. The van der Waals surface area contributed by atoms with Crippen molar-refractivity contribution < 1.29 is 9.90 Å². The number of hydrogen-bond acceptors (Lipinski definition) is 2. The van der Waals surface area contributed by atoms with Crippen molar-refractivity contribution in [1.29, 1.82) is 0 Å². The van der Waals surface area contributed by atoms with E-state index in [-0.39, 0.29) is 12.0 Å². The molecular weight excluding hydrogens is 164 g/mol. The molecule has 0 heterocycles. The van der Waals surface area contributed by atoms with Gasteiger partial charge in [0, 0.05) is 18.4 Å². The van der Waals surface area contributed by atoms with Gasteiger partial charge in [0.05, 0.1) is 0 Å². The van der Waals surface area contributed by atoms with E-state index in [2.05, 4.69) is 13.8 Å². The van der Waals surface area contributed by atoms with Crippen LogP contribution in [0.4, 0.5) is 0 Å². The van der Waals surface area contributed by atoms with Crippen LogP contribution in [0.3, 0.4) is 0 Å². The fourth-order valence-electron chi connectivity index (χ4n) is 2.69. The summed E-state index contributed by atoms with van der Waals surface area (Å²) in [5.41, 5.74) is -0.177. The minimum atomic E-state index is -0.177. The van der Waals surface area contributed by atoms with Crippen LogP contribution >= 0.6 is 0 Å². The summed E-state index contributed by atoms with van der Waals surface area (Å²) in [6.07, 6.45) is 4.39. The van der Waals surface area contributed by atoms with Gasteiger partial charge < -0.3 is 5.11 Å². The molecule has 1 N–H and O–H groups in total. The summed E-state index contributed by atoms with van der Waals surface area (Å²) in [6.45, 7) is 4.41. The monoisotopic (exact) mass is 184 g/mol. The molecule has 1 rings (SSSR count). The van der Waals surface area contributed by atoms with E-state index in [1.165, 1.54) is 0 Å². The zero-order valence-corrected chi connectivity index (χ0v) is 8.68. The number of hydrogen-bond donors (Lipinski definition) is 1. The van der Waals surface area contributed by atoms with Crippen molar-refractivity contribution in [3.63, 3.8) is 0 Å². The molecule has 1 aliphatic rings. The van der Waals surface area contributed by atoms with E-state index in [1.807, 2.05) is 0 Å². The fraction of sp³-hybridized carbons (Fsp3) is 0.909. The van der Waals surface area contributed by atoms with Crippen molar-refractivity contribution in [3.05, 3.63) is 0 Å². The first-order chi connectivity index (χ1) is 6.17. The minimum Gasteiger partial charge on any atom is -0.396 e. The van der Waals surface area contributed by atoms with Gasteiger partial charge in [-0.05, 0) is 25.2 Å². The second kappa shape index (κ2) is 4.23. The Morgan fingerprint density at radius 1 is 1.54 bits per heavy atom. The Bertz CT molecular complexity index is 181. The van der Waals surface area contributed by atoms with Gasteiger partial charge in [0.2, 0.25) is 0 Å². The number of Topliss-reactive ketones (excluding diaryl/α,β-unsaturated/α-hetero) is 1. The van der Waals surface area contributed by atoms with E-state index in [9.17, 15) is 4.79 Å². The maximum atomic E-state index is 11.8. The fourth-order valence-corrected chi connectivity index (χ4v) is 2.69. The lowest BCUT2D eigenvalue weighted by Gasteiger charge is -2.31. The lowest BCUT2D eigenvalue weighted by molar-refractivity contribution is -0.128. The third-order valence-electron chi connectivity index (χ3n) is 3.56. The highest BCUT2D eigenvalue weighted by atomic mass is 16.3. The van der Waals surface area contributed by atoms with Crippen molar-refractivity contribution >= 4 is 5.78 Å². The molecule has 13 heavy (non-hydrogen) atoms. The highest BCUT2D eigenvalue weighted by Crippen LogP contribution is 2.46. The van der Waals surface area contributed by atoms with Gasteiger partial charge in [0.15, 0.2) is 0 Å². The highest BCUT2D eigenvalue weighted by Gasteiger charge is 2.45. The smallest absolute Gasteiger partial charge is 0.139 e. The molecule has 0 amide bonds. The number of carbonyl (C=O) groups excluding carboxylic acids is 1. The molecule has 0 saturated heterocycles. The summed E-state index contributed by atoms with van der Waals surface area (Å²) in [5, 5.41) is 9.00. The molecule has 0 aliphatic heterocycles. The van der Waals surface area contributed by atoms with Crippen LogP contribution in [-0.2, 0) is 4.79 Å². The molecule has 2 nitrogen and oxygen atoms in total. The van der Waals surface area contributed by atoms with Crippen molar-refractivity contribution in [2.75, 3.05) is 6.61 Å². The first kappa shape index (κ1) is 10.7. The normalized spacial score (nSPS) is 34.1. The second-order valence-corrected chi connectivity index (χ2v) is 4.24. The van der Waals surface area contributed by atoms with E-state index in [1.54, 1.807) is 0 Å². The van der Waals surface area contributed by atoms with Crippen LogP contribution in [0.15, 0.2) is 0 Å². The molecule has 0 aromatic heterocycles. The quantitative estimate of drug-likeness (QED) is 0.727. The van der Waals surface area contributed by atoms with Crippen LogP contribution in [-0.4, -0.2) is 17.5 Å². The maximum absolute atomic E-state index is 11.8. The van der Waals surface area contributed by atoms with Crippen molar-refractivity contribution in [3.8, 4) is 0 Å². The molecule has 76 valence electrons. The summed E-state index contributed by atoms with van der Waals surface area (Å²) < 4.78 is 0. The van der Waals surface area contributed by atoms with Crippen LogP contribution < -0.4 is 0 Å². The van der Waals surface area contributed by atoms with Gasteiger partial charge in [-0.25, -0.2) is 0 Å². The Hall–Kier alpha value is -0.370. The van der Waals surface area contributed by atoms with Gasteiger partial charge in [-0.2, -0.15) is 0 Å². The van der Waals surface area contributed by atoms with Gasteiger partial charge in [-0.1, -0.05) is 20.3 Å². The zero-order valence-electron chi connectivity index (χ0n) is 8.68. The Kier molecular flexibility index (Phi) is 3.48. The van der Waals surface area contributed by atoms with Gasteiger partial charge >= 0.3 is 0 Å². The summed E-state index contributed by atoms with van der Waals surface area (Å²) in [4.78, 5) is 11.8. The van der Waals surface area contributed by atoms with E-state index in [0.717, 1.165) is 25.7 Å².